The zero-order chi connectivity index (χ0) is 14.4. The highest BCUT2D eigenvalue weighted by molar-refractivity contribution is 6.30. The Morgan fingerprint density at radius 2 is 2.10 bits per heavy atom. The third-order valence-corrected chi connectivity index (χ3v) is 2.90. The maximum atomic E-state index is 9.72. The summed E-state index contributed by atoms with van der Waals surface area (Å²) in [6.07, 6.45) is 0. The van der Waals surface area contributed by atoms with Gasteiger partial charge < -0.3 is 15.2 Å². The van der Waals surface area contributed by atoms with Crippen LogP contribution in [0.5, 0.6) is 11.5 Å². The van der Waals surface area contributed by atoms with Gasteiger partial charge in [-0.05, 0) is 30.3 Å². The second kappa shape index (κ2) is 6.69. The summed E-state index contributed by atoms with van der Waals surface area (Å²) in [5, 5.41) is 21.9. The zero-order valence-electron chi connectivity index (χ0n) is 10.6. The molecule has 0 spiro atoms. The van der Waals surface area contributed by atoms with Gasteiger partial charge in [-0.15, -0.1) is 0 Å². The Morgan fingerprint density at radius 3 is 2.90 bits per heavy atom. The second-order valence-corrected chi connectivity index (χ2v) is 4.54. The Kier molecular flexibility index (Phi) is 4.70. The molecule has 0 radical (unpaired) electrons. The van der Waals surface area contributed by atoms with Gasteiger partial charge in [-0.1, -0.05) is 17.7 Å². The van der Waals surface area contributed by atoms with E-state index >= 15 is 0 Å². The van der Waals surface area contributed by atoms with Gasteiger partial charge in [0.2, 0.25) is 0 Å². The maximum absolute atomic E-state index is 9.72. The molecular formula is C15H13ClN2O2. The number of anilines is 1. The van der Waals surface area contributed by atoms with Crippen LogP contribution in [0, 0.1) is 11.3 Å². The van der Waals surface area contributed by atoms with Crippen molar-refractivity contribution in [2.24, 2.45) is 0 Å². The van der Waals surface area contributed by atoms with Gasteiger partial charge in [0.1, 0.15) is 17.6 Å². The van der Waals surface area contributed by atoms with E-state index in [1.165, 1.54) is 0 Å². The summed E-state index contributed by atoms with van der Waals surface area (Å²) in [6.45, 7) is 0.451. The highest BCUT2D eigenvalue weighted by atomic mass is 35.5. The van der Waals surface area contributed by atoms with E-state index in [-0.39, 0.29) is 12.4 Å². The predicted octanol–water partition coefficient (Wildman–Crippen LogP) is 3.56. The molecule has 0 saturated carbocycles. The van der Waals surface area contributed by atoms with E-state index < -0.39 is 0 Å². The number of nitrogens with zero attached hydrogens (tertiary/aromatic N) is 1. The predicted molar refractivity (Wildman–Crippen MR) is 78.0 cm³/mol. The summed E-state index contributed by atoms with van der Waals surface area (Å²) in [6, 6.07) is 14.1. The summed E-state index contributed by atoms with van der Waals surface area (Å²) >= 11 is 5.89. The highest BCUT2D eigenvalue weighted by Crippen LogP contribution is 2.23. The van der Waals surface area contributed by atoms with Crippen LogP contribution in [0.4, 0.5) is 5.69 Å². The first kappa shape index (κ1) is 14.0. The van der Waals surface area contributed by atoms with Crippen LogP contribution in [-0.2, 0) is 6.54 Å². The van der Waals surface area contributed by atoms with Gasteiger partial charge in [0.25, 0.3) is 0 Å². The summed E-state index contributed by atoms with van der Waals surface area (Å²) in [5.41, 5.74) is 1.54. The number of halogens is 1. The molecule has 5 heteroatoms. The summed E-state index contributed by atoms with van der Waals surface area (Å²) in [5.74, 6) is 0.811. The van der Waals surface area contributed by atoms with Gasteiger partial charge in [-0.25, -0.2) is 0 Å². The van der Waals surface area contributed by atoms with Crippen LogP contribution in [-0.4, -0.2) is 11.7 Å². The first-order valence-electron chi connectivity index (χ1n) is 6.00. The Morgan fingerprint density at radius 1 is 1.25 bits per heavy atom. The fourth-order valence-electron chi connectivity index (χ4n) is 1.70. The molecule has 0 atom stereocenters. The number of nitrogens with one attached hydrogen (secondary N) is 1. The maximum Gasteiger partial charge on any atom is 0.174 e. The van der Waals surface area contributed by atoms with E-state index in [1.807, 2.05) is 18.2 Å². The first-order valence-corrected chi connectivity index (χ1v) is 6.38. The number of rotatable bonds is 5. The fourth-order valence-corrected chi connectivity index (χ4v) is 1.90. The average molecular weight is 289 g/mol. The number of hydrogen-bond acceptors (Lipinski definition) is 4. The quantitative estimate of drug-likeness (QED) is 0.883. The second-order valence-electron chi connectivity index (χ2n) is 4.10. The van der Waals surface area contributed by atoms with Crippen molar-refractivity contribution in [3.05, 3.63) is 53.1 Å². The highest BCUT2D eigenvalue weighted by Gasteiger charge is 2.03. The molecule has 0 aliphatic carbocycles. The molecule has 0 bridgehead atoms. The molecule has 4 nitrogen and oxygen atoms in total. The Bertz CT molecular complexity index is 638. The Labute approximate surface area is 122 Å². The van der Waals surface area contributed by atoms with Crippen molar-refractivity contribution in [1.82, 2.24) is 0 Å². The molecule has 2 aromatic rings. The number of aromatic hydroxyl groups is 1. The summed E-state index contributed by atoms with van der Waals surface area (Å²) in [4.78, 5) is 0. The van der Waals surface area contributed by atoms with Crippen molar-refractivity contribution in [3.8, 4) is 17.6 Å². The minimum atomic E-state index is 0.0124. The third kappa shape index (κ3) is 3.81. The van der Waals surface area contributed by atoms with Crippen molar-refractivity contribution in [3.63, 3.8) is 0 Å². The number of hydrogen-bond donors (Lipinski definition) is 2. The smallest absolute Gasteiger partial charge is 0.174 e. The summed E-state index contributed by atoms with van der Waals surface area (Å²) in [7, 11) is 0. The lowest BCUT2D eigenvalue weighted by molar-refractivity contribution is 0.368. The van der Waals surface area contributed by atoms with E-state index in [1.54, 1.807) is 30.3 Å². The van der Waals surface area contributed by atoms with Crippen LogP contribution in [0.1, 0.15) is 5.56 Å². The summed E-state index contributed by atoms with van der Waals surface area (Å²) < 4.78 is 5.22. The Balaban J connectivity index is 2.03. The molecule has 0 heterocycles. The van der Waals surface area contributed by atoms with Gasteiger partial charge in [0.05, 0.1) is 0 Å². The van der Waals surface area contributed by atoms with Gasteiger partial charge in [0.15, 0.2) is 6.61 Å². The monoisotopic (exact) mass is 288 g/mol. The van der Waals surface area contributed by atoms with Crippen LogP contribution in [0.15, 0.2) is 42.5 Å². The standard InChI is InChI=1S/C15H13ClN2O2/c16-12-4-5-15(19)11(8-12)10-18-13-2-1-3-14(9-13)20-7-6-17/h1-5,8-9,18-19H,7,10H2. The zero-order valence-corrected chi connectivity index (χ0v) is 11.4. The van der Waals surface area contributed by atoms with Gasteiger partial charge in [0, 0.05) is 28.9 Å². The molecule has 0 saturated heterocycles. The van der Waals surface area contributed by atoms with E-state index in [4.69, 9.17) is 21.6 Å². The molecule has 2 aromatic carbocycles. The van der Waals surface area contributed by atoms with Crippen molar-refractivity contribution < 1.29 is 9.84 Å². The molecule has 20 heavy (non-hydrogen) atoms. The van der Waals surface area contributed by atoms with Gasteiger partial charge in [-0.3, -0.25) is 0 Å². The van der Waals surface area contributed by atoms with E-state index in [0.29, 0.717) is 22.9 Å². The van der Waals surface area contributed by atoms with Crippen LogP contribution in [0.25, 0.3) is 0 Å². The molecule has 0 aromatic heterocycles. The molecular weight excluding hydrogens is 276 g/mol. The Hall–Kier alpha value is -2.38. The minimum Gasteiger partial charge on any atom is -0.508 e. The van der Waals surface area contributed by atoms with Crippen molar-refractivity contribution in [2.45, 2.75) is 6.54 Å². The van der Waals surface area contributed by atoms with Crippen molar-refractivity contribution >= 4 is 17.3 Å². The normalized spacial score (nSPS) is 9.80. The van der Waals surface area contributed by atoms with Crippen LogP contribution in [0.3, 0.4) is 0 Å². The van der Waals surface area contributed by atoms with Crippen LogP contribution in [0.2, 0.25) is 5.02 Å². The van der Waals surface area contributed by atoms with Gasteiger partial charge in [-0.2, -0.15) is 5.26 Å². The lowest BCUT2D eigenvalue weighted by atomic mass is 10.2. The van der Waals surface area contributed by atoms with Crippen LogP contribution >= 0.6 is 11.6 Å². The lowest BCUT2D eigenvalue weighted by Gasteiger charge is -2.10. The number of benzene rings is 2. The number of nitriles is 1. The SMILES string of the molecule is N#CCOc1cccc(NCc2cc(Cl)ccc2O)c1. The molecule has 0 fully saturated rings. The molecule has 2 N–H and O–H groups in total. The largest absolute Gasteiger partial charge is 0.508 e. The number of phenols is 1. The molecule has 0 aliphatic rings. The molecule has 0 unspecified atom stereocenters. The van der Waals surface area contributed by atoms with Gasteiger partial charge >= 0.3 is 0 Å². The molecule has 0 amide bonds. The van der Waals surface area contributed by atoms with E-state index in [2.05, 4.69) is 5.32 Å². The fraction of sp³-hybridized carbons (Fsp3) is 0.133. The minimum absolute atomic E-state index is 0.0124. The van der Waals surface area contributed by atoms with E-state index in [9.17, 15) is 5.11 Å². The topological polar surface area (TPSA) is 65.3 Å². The molecule has 102 valence electrons. The first-order chi connectivity index (χ1) is 9.69. The number of phenolic OH excluding ortho intramolecular Hbond substituents is 1. The number of ether oxygens (including phenoxy) is 1. The van der Waals surface area contributed by atoms with Crippen molar-refractivity contribution in [1.29, 1.82) is 5.26 Å². The van der Waals surface area contributed by atoms with Crippen molar-refractivity contribution in [2.75, 3.05) is 11.9 Å². The molecule has 2 rings (SSSR count). The van der Waals surface area contributed by atoms with E-state index in [0.717, 1.165) is 5.69 Å². The lowest BCUT2D eigenvalue weighted by Crippen LogP contribution is -2.00. The molecule has 0 aliphatic heterocycles. The average Bonchev–Trinajstić information content (AvgIpc) is 2.46. The van der Waals surface area contributed by atoms with Crippen LogP contribution < -0.4 is 10.1 Å². The third-order valence-electron chi connectivity index (χ3n) is 2.66.